The van der Waals surface area contributed by atoms with Gasteiger partial charge in [-0.25, -0.2) is 4.98 Å². The van der Waals surface area contributed by atoms with Gasteiger partial charge in [-0.05, 0) is 58.1 Å². The van der Waals surface area contributed by atoms with E-state index in [9.17, 15) is 19.8 Å². The van der Waals surface area contributed by atoms with E-state index in [4.69, 9.17) is 9.47 Å². The van der Waals surface area contributed by atoms with Gasteiger partial charge in [0.25, 0.3) is 0 Å². The fraction of sp³-hybridized carbons (Fsp3) is 0.750. The van der Waals surface area contributed by atoms with Gasteiger partial charge in [0.2, 0.25) is 0 Å². The van der Waals surface area contributed by atoms with Crippen molar-refractivity contribution >= 4 is 29.2 Å². The van der Waals surface area contributed by atoms with Gasteiger partial charge in [-0.3, -0.25) is 9.59 Å². The molecule has 202 valence electrons. The second kappa shape index (κ2) is 10.6. The Hall–Kier alpha value is -1.61. The lowest BCUT2D eigenvalue weighted by molar-refractivity contribution is -0.161. The van der Waals surface area contributed by atoms with Crippen molar-refractivity contribution in [1.29, 1.82) is 0 Å². The molecule has 0 unspecified atom stereocenters. The number of aliphatic hydroxyl groups is 2. The summed E-state index contributed by atoms with van der Waals surface area (Å²) >= 11 is 1.56. The van der Waals surface area contributed by atoms with Crippen molar-refractivity contribution in [2.24, 2.45) is 17.3 Å². The Morgan fingerprint density at radius 3 is 2.47 bits per heavy atom. The third-order valence-corrected chi connectivity index (χ3v) is 9.25. The number of epoxide rings is 1. The number of nitrogens with zero attached hydrogens (tertiary/aromatic N) is 1. The van der Waals surface area contributed by atoms with E-state index in [0.717, 1.165) is 35.5 Å². The number of thiazole rings is 1. The summed E-state index contributed by atoms with van der Waals surface area (Å²) in [5.74, 6) is -1.58. The van der Waals surface area contributed by atoms with Gasteiger partial charge in [0.15, 0.2) is 0 Å². The first-order valence-electron chi connectivity index (χ1n) is 13.0. The molecular weight excluding hydrogens is 478 g/mol. The van der Waals surface area contributed by atoms with Gasteiger partial charge in [0.05, 0.1) is 46.5 Å². The van der Waals surface area contributed by atoms with Crippen LogP contribution in [0.4, 0.5) is 0 Å². The number of aryl methyl sites for hydroxylation is 1. The molecule has 2 aliphatic rings. The number of Topliss-reactive ketones (excluding diaryl/α,β-unsaturated/α-hetero) is 1. The zero-order valence-electron chi connectivity index (χ0n) is 23.0. The largest absolute Gasteiger partial charge is 0.455 e. The van der Waals surface area contributed by atoms with Gasteiger partial charge < -0.3 is 19.7 Å². The molecule has 0 radical (unpaired) electrons. The van der Waals surface area contributed by atoms with Crippen LogP contribution in [0, 0.1) is 24.2 Å². The van der Waals surface area contributed by atoms with Crippen LogP contribution in [-0.4, -0.2) is 56.5 Å². The summed E-state index contributed by atoms with van der Waals surface area (Å²) in [5, 5.41) is 24.7. The van der Waals surface area contributed by atoms with Gasteiger partial charge in [-0.1, -0.05) is 34.1 Å². The van der Waals surface area contributed by atoms with Crippen molar-refractivity contribution in [2.45, 2.75) is 117 Å². The molecule has 2 fully saturated rings. The van der Waals surface area contributed by atoms with Crippen LogP contribution in [0.15, 0.2) is 11.0 Å². The maximum Gasteiger partial charge on any atom is 0.309 e. The summed E-state index contributed by atoms with van der Waals surface area (Å²) in [6.45, 7) is 14.7. The second-order valence-electron chi connectivity index (χ2n) is 11.9. The van der Waals surface area contributed by atoms with E-state index in [0.29, 0.717) is 6.42 Å². The van der Waals surface area contributed by atoms with Crippen LogP contribution in [-0.2, 0) is 19.1 Å². The Balaban J connectivity index is 1.91. The first-order chi connectivity index (χ1) is 16.6. The summed E-state index contributed by atoms with van der Waals surface area (Å²) < 4.78 is 12.2. The molecule has 3 rings (SSSR count). The highest BCUT2D eigenvalue weighted by Gasteiger charge is 2.55. The smallest absolute Gasteiger partial charge is 0.309 e. The number of hydrogen-bond donors (Lipinski definition) is 2. The van der Waals surface area contributed by atoms with E-state index < -0.39 is 35.1 Å². The highest BCUT2D eigenvalue weighted by Crippen LogP contribution is 2.47. The molecule has 36 heavy (non-hydrogen) atoms. The SMILES string of the molecule is C/C(=C\c1csc(C)n1)[C@@]1(C)C[C@@H]2O[C@@]2(C)CCC[C@@H](C)[C@@H](O)[C@H](C)C(=O)C(C)(C)[C@H](O)CC(=O)O1. The molecule has 0 spiro atoms. The predicted octanol–water partition coefficient (Wildman–Crippen LogP) is 4.87. The number of carbonyl (C=O) groups excluding carboxylic acids is 2. The Morgan fingerprint density at radius 2 is 1.86 bits per heavy atom. The maximum absolute atomic E-state index is 13.3. The first-order valence-corrected chi connectivity index (χ1v) is 13.9. The molecular formula is C28H43NO6S. The highest BCUT2D eigenvalue weighted by atomic mass is 32.1. The van der Waals surface area contributed by atoms with Crippen LogP contribution in [0.5, 0.6) is 0 Å². The molecule has 2 aliphatic heterocycles. The summed E-state index contributed by atoms with van der Waals surface area (Å²) in [6, 6.07) is 0. The number of cyclic esters (lactones) is 1. The number of aromatic nitrogens is 1. The second-order valence-corrected chi connectivity index (χ2v) is 13.0. The Labute approximate surface area is 219 Å². The number of ketones is 1. The zero-order valence-corrected chi connectivity index (χ0v) is 23.8. The van der Waals surface area contributed by atoms with Crippen LogP contribution in [0.3, 0.4) is 0 Å². The van der Waals surface area contributed by atoms with E-state index in [-0.39, 0.29) is 29.8 Å². The number of hydrogen-bond acceptors (Lipinski definition) is 8. The molecule has 0 aliphatic carbocycles. The molecule has 0 aromatic carbocycles. The molecule has 0 amide bonds. The highest BCUT2D eigenvalue weighted by molar-refractivity contribution is 7.09. The monoisotopic (exact) mass is 521 g/mol. The zero-order chi connectivity index (χ0) is 27.1. The van der Waals surface area contributed by atoms with Crippen molar-refractivity contribution in [3.8, 4) is 0 Å². The number of ether oxygens (including phenoxy) is 2. The Bertz CT molecular complexity index is 1000. The normalized spacial score (nSPS) is 38.8. The molecule has 3 heterocycles. The van der Waals surface area contributed by atoms with E-state index in [1.807, 2.05) is 39.2 Å². The lowest BCUT2D eigenvalue weighted by Crippen LogP contribution is -2.46. The average Bonchev–Trinajstić information content (AvgIpc) is 3.21. The van der Waals surface area contributed by atoms with Crippen molar-refractivity contribution < 1.29 is 29.3 Å². The average molecular weight is 522 g/mol. The third kappa shape index (κ3) is 6.26. The van der Waals surface area contributed by atoms with Crippen molar-refractivity contribution in [2.75, 3.05) is 0 Å². The van der Waals surface area contributed by atoms with Crippen LogP contribution in [0.25, 0.3) is 6.08 Å². The molecule has 8 heteroatoms. The molecule has 1 aromatic heterocycles. The van der Waals surface area contributed by atoms with E-state index in [2.05, 4.69) is 11.9 Å². The van der Waals surface area contributed by atoms with Crippen molar-refractivity contribution in [3.05, 3.63) is 21.7 Å². The van der Waals surface area contributed by atoms with Crippen LogP contribution in [0.2, 0.25) is 0 Å². The van der Waals surface area contributed by atoms with Crippen LogP contribution in [0.1, 0.15) is 91.3 Å². The Kier molecular flexibility index (Phi) is 8.55. The Morgan fingerprint density at radius 1 is 1.19 bits per heavy atom. The number of carbonyl (C=O) groups is 2. The molecule has 2 saturated heterocycles. The quantitative estimate of drug-likeness (QED) is 0.422. The van der Waals surface area contributed by atoms with Gasteiger partial charge in [-0.15, -0.1) is 11.3 Å². The topological polar surface area (TPSA) is 109 Å². The number of esters is 1. The van der Waals surface area contributed by atoms with Crippen LogP contribution >= 0.6 is 11.3 Å². The van der Waals surface area contributed by atoms with Gasteiger partial charge >= 0.3 is 5.97 Å². The molecule has 0 saturated carbocycles. The minimum Gasteiger partial charge on any atom is -0.455 e. The minimum atomic E-state index is -1.24. The molecule has 0 bridgehead atoms. The minimum absolute atomic E-state index is 0.0763. The predicted molar refractivity (Wildman–Crippen MR) is 140 cm³/mol. The van der Waals surface area contributed by atoms with Crippen molar-refractivity contribution in [3.63, 3.8) is 0 Å². The van der Waals surface area contributed by atoms with Crippen LogP contribution < -0.4 is 0 Å². The molecule has 1 aromatic rings. The fourth-order valence-corrected chi connectivity index (χ4v) is 5.85. The fourth-order valence-electron chi connectivity index (χ4n) is 5.28. The summed E-state index contributed by atoms with van der Waals surface area (Å²) in [7, 11) is 0. The maximum atomic E-state index is 13.3. The molecule has 7 atom stereocenters. The lowest BCUT2D eigenvalue weighted by Gasteiger charge is -2.36. The van der Waals surface area contributed by atoms with Gasteiger partial charge in [0.1, 0.15) is 11.4 Å². The molecule has 7 nitrogen and oxygen atoms in total. The van der Waals surface area contributed by atoms with Gasteiger partial charge in [-0.2, -0.15) is 0 Å². The van der Waals surface area contributed by atoms with E-state index >= 15 is 0 Å². The molecule has 2 N–H and O–H groups in total. The first kappa shape index (κ1) is 29.0. The summed E-state index contributed by atoms with van der Waals surface area (Å²) in [5.41, 5.74) is -0.843. The van der Waals surface area contributed by atoms with Crippen molar-refractivity contribution in [1.82, 2.24) is 4.98 Å². The number of aliphatic hydroxyl groups excluding tert-OH is 2. The van der Waals surface area contributed by atoms with E-state index in [1.165, 1.54) is 0 Å². The van der Waals surface area contributed by atoms with E-state index in [1.54, 1.807) is 32.1 Å². The summed E-state index contributed by atoms with van der Waals surface area (Å²) in [6.07, 6.45) is 2.38. The standard InChI is InChI=1S/C28H43NO6S/c1-16-10-9-11-27(7)22(34-27)14-28(8,17(2)12-20-15-36-19(4)29-20)35-23(31)13-21(30)26(5,6)25(33)18(3)24(16)32/h12,15-16,18,21-22,24,30,32H,9-11,13-14H2,1-8H3/b17-12+/t16-,18+,21-,22+,24-,27+,28-/m1/s1. The third-order valence-electron chi connectivity index (χ3n) is 8.45. The number of rotatable bonds is 2. The lowest BCUT2D eigenvalue weighted by atomic mass is 9.73. The van der Waals surface area contributed by atoms with Gasteiger partial charge in [0, 0.05) is 17.7 Å². The number of fused-ring (bicyclic) bond motifs is 1. The summed E-state index contributed by atoms with van der Waals surface area (Å²) in [4.78, 5) is 30.9.